The number of carboxylic acid groups (broad SMARTS) is 1. The summed E-state index contributed by atoms with van der Waals surface area (Å²) in [6.07, 6.45) is 0. The van der Waals surface area contributed by atoms with Gasteiger partial charge >= 0.3 is 5.97 Å². The van der Waals surface area contributed by atoms with Crippen LogP contribution in [0.15, 0.2) is 50.7 Å². The predicted octanol–water partition coefficient (Wildman–Crippen LogP) is 4.86. The monoisotopic (exact) mass is 387 g/mol. The second kappa shape index (κ2) is 6.46. The van der Waals surface area contributed by atoms with Gasteiger partial charge in [-0.25, -0.2) is 4.79 Å². The van der Waals surface area contributed by atoms with E-state index in [1.54, 1.807) is 12.1 Å². The molecule has 0 aliphatic rings. The van der Waals surface area contributed by atoms with E-state index in [1.807, 2.05) is 0 Å². The van der Waals surface area contributed by atoms with Gasteiger partial charge in [0, 0.05) is 26.4 Å². The maximum Gasteiger partial charge on any atom is 0.337 e. The Morgan fingerprint density at radius 1 is 1.29 bits per heavy atom. The topological polar surface area (TPSA) is 80.4 Å². The zero-order valence-corrected chi connectivity index (χ0v) is 13.4. The molecule has 0 aliphatic carbocycles. The molecule has 108 valence electrons. The Bertz CT molecular complexity index is 738. The van der Waals surface area contributed by atoms with Gasteiger partial charge in [-0.1, -0.05) is 23.4 Å². The SMILES string of the molecule is O=C(O)c1cc(Sc2ccc([N+](=O)[O-])cc2Br)ccc1Cl. The Balaban J connectivity index is 2.32. The summed E-state index contributed by atoms with van der Waals surface area (Å²) in [7, 11) is 0. The number of nitrogens with zero attached hydrogens (tertiary/aromatic N) is 1. The lowest BCUT2D eigenvalue weighted by Crippen LogP contribution is -1.97. The summed E-state index contributed by atoms with van der Waals surface area (Å²) in [5.41, 5.74) is -0.00624. The number of carboxylic acids is 1. The summed E-state index contributed by atoms with van der Waals surface area (Å²) in [4.78, 5) is 22.6. The molecule has 0 aliphatic heterocycles. The van der Waals surface area contributed by atoms with Crippen LogP contribution in [-0.2, 0) is 0 Å². The van der Waals surface area contributed by atoms with Crippen LogP contribution in [0.3, 0.4) is 0 Å². The molecule has 0 bridgehead atoms. The van der Waals surface area contributed by atoms with Crippen LogP contribution in [0.2, 0.25) is 5.02 Å². The van der Waals surface area contributed by atoms with E-state index >= 15 is 0 Å². The molecule has 0 unspecified atom stereocenters. The maximum atomic E-state index is 11.0. The molecule has 0 aromatic heterocycles. The van der Waals surface area contributed by atoms with E-state index < -0.39 is 10.9 Å². The van der Waals surface area contributed by atoms with Gasteiger partial charge in [0.1, 0.15) is 0 Å². The molecule has 2 rings (SSSR count). The average Bonchev–Trinajstić information content (AvgIpc) is 2.42. The Morgan fingerprint density at radius 2 is 2.00 bits per heavy atom. The van der Waals surface area contributed by atoms with Gasteiger partial charge in [-0.3, -0.25) is 10.1 Å². The van der Waals surface area contributed by atoms with E-state index in [9.17, 15) is 14.9 Å². The van der Waals surface area contributed by atoms with Crippen molar-refractivity contribution >= 4 is 50.9 Å². The van der Waals surface area contributed by atoms with Crippen LogP contribution in [0, 0.1) is 10.1 Å². The van der Waals surface area contributed by atoms with Gasteiger partial charge in [0.25, 0.3) is 5.69 Å². The molecule has 0 heterocycles. The summed E-state index contributed by atoms with van der Waals surface area (Å²) in [6.45, 7) is 0. The summed E-state index contributed by atoms with van der Waals surface area (Å²) in [5.74, 6) is -1.11. The minimum Gasteiger partial charge on any atom is -0.478 e. The van der Waals surface area contributed by atoms with Gasteiger partial charge in [-0.15, -0.1) is 0 Å². The summed E-state index contributed by atoms with van der Waals surface area (Å²) < 4.78 is 0.563. The van der Waals surface area contributed by atoms with Crippen LogP contribution in [0.25, 0.3) is 0 Å². The highest BCUT2D eigenvalue weighted by molar-refractivity contribution is 9.10. The molecule has 2 aromatic rings. The van der Waals surface area contributed by atoms with Crippen LogP contribution < -0.4 is 0 Å². The van der Waals surface area contributed by atoms with E-state index in [2.05, 4.69) is 15.9 Å². The maximum absolute atomic E-state index is 11.0. The van der Waals surface area contributed by atoms with E-state index in [0.717, 1.165) is 4.90 Å². The molecule has 21 heavy (non-hydrogen) atoms. The normalized spacial score (nSPS) is 10.4. The van der Waals surface area contributed by atoms with E-state index in [-0.39, 0.29) is 16.3 Å². The number of aromatic carboxylic acids is 1. The second-order valence-corrected chi connectivity index (χ2v) is 6.30. The number of benzene rings is 2. The van der Waals surface area contributed by atoms with Gasteiger partial charge in [-0.05, 0) is 40.2 Å². The first kappa shape index (κ1) is 15.8. The van der Waals surface area contributed by atoms with Crippen molar-refractivity contribution in [3.05, 3.63) is 61.6 Å². The Hall–Kier alpha value is -1.57. The van der Waals surface area contributed by atoms with Gasteiger partial charge in [0.2, 0.25) is 0 Å². The fourth-order valence-electron chi connectivity index (χ4n) is 1.54. The number of carbonyl (C=O) groups is 1. The molecule has 0 atom stereocenters. The lowest BCUT2D eigenvalue weighted by molar-refractivity contribution is -0.385. The van der Waals surface area contributed by atoms with Crippen LogP contribution in [0.5, 0.6) is 0 Å². The van der Waals surface area contributed by atoms with Gasteiger partial charge in [0.15, 0.2) is 0 Å². The third-order valence-electron chi connectivity index (χ3n) is 2.52. The average molecular weight is 389 g/mol. The molecule has 0 amide bonds. The summed E-state index contributed by atoms with van der Waals surface area (Å²) in [6, 6.07) is 9.04. The van der Waals surface area contributed by atoms with Crippen LogP contribution in [0.4, 0.5) is 5.69 Å². The fraction of sp³-hybridized carbons (Fsp3) is 0. The first-order valence-corrected chi connectivity index (χ1v) is 7.52. The third kappa shape index (κ3) is 3.75. The van der Waals surface area contributed by atoms with Crippen molar-refractivity contribution in [2.75, 3.05) is 0 Å². The van der Waals surface area contributed by atoms with E-state index in [0.29, 0.717) is 9.37 Å². The molecule has 5 nitrogen and oxygen atoms in total. The number of hydrogen-bond donors (Lipinski definition) is 1. The van der Waals surface area contributed by atoms with E-state index in [4.69, 9.17) is 16.7 Å². The zero-order valence-electron chi connectivity index (χ0n) is 10.2. The van der Waals surface area contributed by atoms with Crippen LogP contribution in [0.1, 0.15) is 10.4 Å². The molecule has 8 heteroatoms. The molecular weight excluding hydrogens is 382 g/mol. The molecule has 0 saturated heterocycles. The van der Waals surface area contributed by atoms with Crippen molar-refractivity contribution < 1.29 is 14.8 Å². The highest BCUT2D eigenvalue weighted by Crippen LogP contribution is 2.36. The minimum atomic E-state index is -1.11. The molecule has 0 spiro atoms. The third-order valence-corrected chi connectivity index (χ3v) is 4.84. The van der Waals surface area contributed by atoms with Crippen molar-refractivity contribution in [2.45, 2.75) is 9.79 Å². The van der Waals surface area contributed by atoms with Crippen molar-refractivity contribution in [1.82, 2.24) is 0 Å². The molecular formula is C13H7BrClNO4S. The highest BCUT2D eigenvalue weighted by Gasteiger charge is 2.13. The number of halogens is 2. The lowest BCUT2D eigenvalue weighted by atomic mass is 10.2. The largest absolute Gasteiger partial charge is 0.478 e. The minimum absolute atomic E-state index is 0.0136. The second-order valence-electron chi connectivity index (χ2n) is 3.92. The molecule has 0 saturated carbocycles. The van der Waals surface area contributed by atoms with Crippen molar-refractivity contribution in [3.63, 3.8) is 0 Å². The fourth-order valence-corrected chi connectivity index (χ4v) is 3.21. The number of hydrogen-bond acceptors (Lipinski definition) is 4. The number of non-ortho nitro benzene ring substituents is 1. The van der Waals surface area contributed by atoms with E-state index in [1.165, 1.54) is 36.0 Å². The van der Waals surface area contributed by atoms with Crippen molar-refractivity contribution in [3.8, 4) is 0 Å². The van der Waals surface area contributed by atoms with Crippen molar-refractivity contribution in [1.29, 1.82) is 0 Å². The molecule has 0 fully saturated rings. The van der Waals surface area contributed by atoms with Crippen molar-refractivity contribution in [2.24, 2.45) is 0 Å². The highest BCUT2D eigenvalue weighted by atomic mass is 79.9. The Kier molecular flexibility index (Phi) is 4.87. The Morgan fingerprint density at radius 3 is 2.57 bits per heavy atom. The number of rotatable bonds is 4. The number of nitro groups is 1. The van der Waals surface area contributed by atoms with Gasteiger partial charge in [-0.2, -0.15) is 0 Å². The van der Waals surface area contributed by atoms with Gasteiger partial charge < -0.3 is 5.11 Å². The van der Waals surface area contributed by atoms with Gasteiger partial charge in [0.05, 0.1) is 15.5 Å². The number of nitro benzene ring substituents is 1. The standard InChI is InChI=1S/C13H7BrClNO4S/c14-10-5-7(16(19)20)1-4-12(10)21-8-2-3-11(15)9(6-8)13(17)18/h1-6H,(H,17,18). The van der Waals surface area contributed by atoms with Crippen LogP contribution in [-0.4, -0.2) is 16.0 Å². The first-order chi connectivity index (χ1) is 9.88. The molecule has 2 aromatic carbocycles. The summed E-state index contributed by atoms with van der Waals surface area (Å²) >= 11 is 10.4. The summed E-state index contributed by atoms with van der Waals surface area (Å²) in [5, 5.41) is 19.9. The predicted molar refractivity (Wildman–Crippen MR) is 83.3 cm³/mol. The molecule has 1 N–H and O–H groups in total. The first-order valence-electron chi connectivity index (χ1n) is 5.53. The smallest absolute Gasteiger partial charge is 0.337 e. The lowest BCUT2D eigenvalue weighted by Gasteiger charge is -2.06. The quantitative estimate of drug-likeness (QED) is 0.597. The van der Waals surface area contributed by atoms with Crippen LogP contribution >= 0.6 is 39.3 Å². The Labute approximate surface area is 137 Å². The molecule has 0 radical (unpaired) electrons. The zero-order chi connectivity index (χ0) is 15.6.